The van der Waals surface area contributed by atoms with Crippen molar-refractivity contribution in [3.05, 3.63) is 119 Å². The number of hydrogen-bond donors (Lipinski definition) is 0. The van der Waals surface area contributed by atoms with Gasteiger partial charge in [0.2, 0.25) is 0 Å². The SMILES string of the molecule is [2H]c1c([2H])c([2H])c(-c2cnc(N3CCCc4ccc(Oc5[c-]c6c(c(C(C)(C)C)c5)CCCN6c5cc(C(C)(C)C)ccn5)[c-]c43)cc2C)c([2H])c1[2H].[Pt+2]. The number of nitrogens with zero attached hydrogens (tertiary/aromatic N) is 4. The first-order chi connectivity index (χ1) is 25.0. The molecular formula is C43H46N4OPt. The molecule has 0 spiro atoms. The van der Waals surface area contributed by atoms with Crippen LogP contribution in [0.5, 0.6) is 11.5 Å². The molecule has 49 heavy (non-hydrogen) atoms. The van der Waals surface area contributed by atoms with Crippen LogP contribution in [0.1, 0.15) is 89.1 Å². The second-order valence-electron chi connectivity index (χ2n) is 14.9. The number of aromatic nitrogens is 2. The van der Waals surface area contributed by atoms with E-state index < -0.39 is 6.04 Å². The third-order valence-electron chi connectivity index (χ3n) is 9.34. The fraction of sp³-hybridized carbons (Fsp3) is 0.349. The molecule has 0 atom stereocenters. The molecule has 0 fully saturated rings. The summed E-state index contributed by atoms with van der Waals surface area (Å²) < 4.78 is 47.9. The summed E-state index contributed by atoms with van der Waals surface area (Å²) in [6, 6.07) is 18.0. The second-order valence-corrected chi connectivity index (χ2v) is 14.9. The Hall–Kier alpha value is -3.95. The molecule has 4 heterocycles. The Balaban J connectivity index is 0.00000497. The second kappa shape index (κ2) is 13.8. The molecule has 5 nitrogen and oxygen atoms in total. The fourth-order valence-corrected chi connectivity index (χ4v) is 6.79. The summed E-state index contributed by atoms with van der Waals surface area (Å²) in [5, 5.41) is 0. The van der Waals surface area contributed by atoms with E-state index in [1.54, 1.807) is 6.20 Å². The minimum Gasteiger partial charge on any atom is -0.509 e. The number of anilines is 4. The molecule has 0 unspecified atom stereocenters. The van der Waals surface area contributed by atoms with Crippen molar-refractivity contribution in [3.63, 3.8) is 0 Å². The Bertz CT molecular complexity index is 2220. The van der Waals surface area contributed by atoms with E-state index in [1.807, 2.05) is 25.3 Å². The maximum atomic E-state index is 8.48. The van der Waals surface area contributed by atoms with E-state index >= 15 is 0 Å². The van der Waals surface area contributed by atoms with E-state index in [0.717, 1.165) is 67.1 Å². The number of hydrogen-bond acceptors (Lipinski definition) is 5. The van der Waals surface area contributed by atoms with E-state index in [-0.39, 0.29) is 61.6 Å². The van der Waals surface area contributed by atoms with E-state index in [0.29, 0.717) is 22.9 Å². The van der Waals surface area contributed by atoms with Gasteiger partial charge in [-0.05, 0) is 65.5 Å². The Kier molecular flexibility index (Phi) is 8.09. The van der Waals surface area contributed by atoms with Gasteiger partial charge in [0, 0.05) is 42.5 Å². The molecule has 2 aliphatic rings. The van der Waals surface area contributed by atoms with Gasteiger partial charge in [0.15, 0.2) is 0 Å². The largest absolute Gasteiger partial charge is 2.00 e. The number of pyridine rings is 2. The quantitative estimate of drug-likeness (QED) is 0.165. The van der Waals surface area contributed by atoms with Crippen LogP contribution in [0, 0.1) is 19.1 Å². The average Bonchev–Trinajstić information content (AvgIpc) is 3.12. The van der Waals surface area contributed by atoms with Crippen LogP contribution in [0.3, 0.4) is 0 Å². The summed E-state index contributed by atoms with van der Waals surface area (Å²) in [6.07, 6.45) is 7.34. The smallest absolute Gasteiger partial charge is 0.509 e. The Morgan fingerprint density at radius 2 is 1.47 bits per heavy atom. The van der Waals surface area contributed by atoms with E-state index in [4.69, 9.17) is 21.6 Å². The van der Waals surface area contributed by atoms with Gasteiger partial charge in [0.05, 0.1) is 6.85 Å². The van der Waals surface area contributed by atoms with Crippen LogP contribution < -0.4 is 14.5 Å². The molecule has 7 rings (SSSR count). The summed E-state index contributed by atoms with van der Waals surface area (Å²) in [5.74, 6) is 2.82. The minimum atomic E-state index is -0.410. The molecule has 0 bridgehead atoms. The Morgan fingerprint density at radius 3 is 2.18 bits per heavy atom. The fourth-order valence-electron chi connectivity index (χ4n) is 6.79. The Morgan fingerprint density at radius 1 is 0.776 bits per heavy atom. The van der Waals surface area contributed by atoms with Gasteiger partial charge in [-0.15, -0.1) is 41.0 Å². The van der Waals surface area contributed by atoms with E-state index in [1.165, 1.54) is 16.7 Å². The third-order valence-corrected chi connectivity index (χ3v) is 9.34. The number of fused-ring (bicyclic) bond motifs is 2. The molecular weight excluding hydrogens is 784 g/mol. The third kappa shape index (κ3) is 7.19. The van der Waals surface area contributed by atoms with Crippen LogP contribution in [0.4, 0.5) is 23.0 Å². The molecule has 0 saturated carbocycles. The summed E-state index contributed by atoms with van der Waals surface area (Å²) >= 11 is 0. The first kappa shape index (κ1) is 28.8. The van der Waals surface area contributed by atoms with E-state index in [2.05, 4.69) is 87.7 Å². The zero-order chi connectivity index (χ0) is 38.0. The van der Waals surface area contributed by atoms with Crippen molar-refractivity contribution >= 4 is 23.0 Å². The molecule has 3 aromatic carbocycles. The number of benzene rings is 3. The predicted molar refractivity (Wildman–Crippen MR) is 197 cm³/mol. The van der Waals surface area contributed by atoms with Gasteiger partial charge in [0.1, 0.15) is 11.6 Å². The van der Waals surface area contributed by atoms with Crippen LogP contribution in [0.25, 0.3) is 11.1 Å². The van der Waals surface area contributed by atoms with Gasteiger partial charge in [-0.25, -0.2) is 9.97 Å². The maximum absolute atomic E-state index is 8.48. The number of ether oxygens (including phenoxy) is 1. The van der Waals surface area contributed by atoms with Crippen LogP contribution in [-0.4, -0.2) is 23.1 Å². The molecule has 0 saturated heterocycles. The van der Waals surface area contributed by atoms with Crippen molar-refractivity contribution in [1.82, 2.24) is 9.97 Å². The van der Waals surface area contributed by atoms with Crippen molar-refractivity contribution in [2.75, 3.05) is 22.9 Å². The molecule has 2 aromatic heterocycles. The topological polar surface area (TPSA) is 41.5 Å². The van der Waals surface area contributed by atoms with Gasteiger partial charge in [-0.2, -0.15) is 6.07 Å². The molecule has 6 heteroatoms. The normalized spacial score (nSPS) is 15.9. The van der Waals surface area contributed by atoms with Crippen molar-refractivity contribution in [2.24, 2.45) is 0 Å². The number of rotatable bonds is 5. The van der Waals surface area contributed by atoms with Crippen molar-refractivity contribution < 1.29 is 32.7 Å². The average molecular weight is 835 g/mol. The summed E-state index contributed by atoms with van der Waals surface area (Å²) in [6.45, 7) is 16.8. The zero-order valence-electron chi connectivity index (χ0n) is 34.4. The molecule has 5 aromatic rings. The van der Waals surface area contributed by atoms with Gasteiger partial charge >= 0.3 is 21.1 Å². The first-order valence-electron chi connectivity index (χ1n) is 19.4. The van der Waals surface area contributed by atoms with Crippen molar-refractivity contribution in [3.8, 4) is 22.6 Å². The minimum absolute atomic E-state index is 0. The molecule has 0 N–H and O–H groups in total. The van der Waals surface area contributed by atoms with Gasteiger partial charge in [-0.1, -0.05) is 96.0 Å². The van der Waals surface area contributed by atoms with Gasteiger partial charge in [0.25, 0.3) is 0 Å². The van der Waals surface area contributed by atoms with Crippen molar-refractivity contribution in [2.45, 2.75) is 85.0 Å². The summed E-state index contributed by atoms with van der Waals surface area (Å²) in [5.41, 5.74) is 8.09. The molecule has 0 aliphatic carbocycles. The van der Waals surface area contributed by atoms with E-state index in [9.17, 15) is 0 Å². The Labute approximate surface area is 314 Å². The summed E-state index contributed by atoms with van der Waals surface area (Å²) in [7, 11) is 0. The molecule has 0 amide bonds. The van der Waals surface area contributed by atoms with Gasteiger partial charge < -0.3 is 14.5 Å². The van der Waals surface area contributed by atoms with Crippen LogP contribution >= 0.6 is 0 Å². The number of aryl methyl sites for hydroxylation is 2. The van der Waals surface area contributed by atoms with Crippen LogP contribution in [0.15, 0.2) is 79.0 Å². The molecule has 2 aliphatic heterocycles. The van der Waals surface area contributed by atoms with Crippen molar-refractivity contribution in [1.29, 1.82) is 0 Å². The maximum Gasteiger partial charge on any atom is 2.00 e. The predicted octanol–water partition coefficient (Wildman–Crippen LogP) is 10.6. The molecule has 254 valence electrons. The molecule has 0 radical (unpaired) electrons. The van der Waals surface area contributed by atoms with Crippen LogP contribution in [-0.2, 0) is 44.7 Å². The summed E-state index contributed by atoms with van der Waals surface area (Å²) in [4.78, 5) is 14.0. The van der Waals surface area contributed by atoms with Crippen LogP contribution in [0.2, 0.25) is 0 Å². The first-order valence-corrected chi connectivity index (χ1v) is 16.9. The van der Waals surface area contributed by atoms with Gasteiger partial charge in [-0.3, -0.25) is 0 Å². The zero-order valence-corrected chi connectivity index (χ0v) is 31.6. The monoisotopic (exact) mass is 834 g/mol. The standard InChI is InChI=1S/C43H46N4O.Pt/c1-29-23-40(45-28-36(29)30-13-9-8-10-14-30)46-21-11-15-31-17-18-33(26-38(31)46)48-34-25-37(43(5,6)7)35-16-12-22-47(39(35)27-34)41-24-32(19-20-44-41)42(2,3)4;/h8-10,13-14,17-20,23-25,28H,11-12,15-16,21-22H2,1-7H3;/q-2;+2/i8D,9D,10D,13D,14D;.